The average Bonchev–Trinajstić information content (AvgIpc) is 3.20. The van der Waals surface area contributed by atoms with Crippen molar-refractivity contribution in [3.63, 3.8) is 0 Å². The minimum absolute atomic E-state index is 0.135. The van der Waals surface area contributed by atoms with Gasteiger partial charge in [-0.3, -0.25) is 4.79 Å². The number of nitrogens with zero attached hydrogens (tertiary/aromatic N) is 1. The Labute approximate surface area is 182 Å². The molecule has 0 aliphatic rings. The molecule has 0 saturated heterocycles. The van der Waals surface area contributed by atoms with Gasteiger partial charge < -0.3 is 19.4 Å². The third-order valence-corrected chi connectivity index (χ3v) is 6.37. The molecule has 0 aliphatic carbocycles. The van der Waals surface area contributed by atoms with E-state index in [0.717, 1.165) is 27.8 Å². The first-order valence-corrected chi connectivity index (χ1v) is 10.3. The lowest BCUT2D eigenvalue weighted by molar-refractivity contribution is 0.0601. The van der Waals surface area contributed by atoms with Crippen LogP contribution in [0, 0.1) is 13.8 Å². The van der Waals surface area contributed by atoms with E-state index in [1.165, 1.54) is 14.2 Å². The maximum absolute atomic E-state index is 13.3. The highest BCUT2D eigenvalue weighted by molar-refractivity contribution is 7.18. The topological polar surface area (TPSA) is 86.6 Å². The molecule has 30 heavy (non-hydrogen) atoms. The fourth-order valence-electron chi connectivity index (χ4n) is 3.51. The molecule has 1 N–H and O–H groups in total. The molecule has 0 atom stereocenters. The summed E-state index contributed by atoms with van der Waals surface area (Å²) in [6.45, 7) is 5.96. The second-order valence-electron chi connectivity index (χ2n) is 6.58. The van der Waals surface area contributed by atoms with Crippen molar-refractivity contribution in [2.45, 2.75) is 27.3 Å². The lowest BCUT2D eigenvalue weighted by atomic mass is 10.1. The molecule has 0 fully saturated rings. The van der Waals surface area contributed by atoms with Gasteiger partial charge in [0.05, 0.1) is 19.8 Å². The van der Waals surface area contributed by atoms with Gasteiger partial charge in [0, 0.05) is 22.5 Å². The number of ether oxygens (including phenoxy) is 2. The van der Waals surface area contributed by atoms with Crippen LogP contribution in [0.2, 0.25) is 5.02 Å². The van der Waals surface area contributed by atoms with Crippen LogP contribution < -0.4 is 5.32 Å². The van der Waals surface area contributed by atoms with E-state index in [2.05, 4.69) is 5.32 Å². The number of rotatable bonds is 5. The molecule has 0 aliphatic heterocycles. The molecular weight excluding hydrogens is 428 g/mol. The predicted molar refractivity (Wildman–Crippen MR) is 117 cm³/mol. The lowest BCUT2D eigenvalue weighted by Crippen LogP contribution is -2.19. The van der Waals surface area contributed by atoms with E-state index in [1.807, 2.05) is 30.5 Å². The van der Waals surface area contributed by atoms with Crippen LogP contribution in [0.5, 0.6) is 0 Å². The molecule has 1 aromatic carbocycles. The summed E-state index contributed by atoms with van der Waals surface area (Å²) in [6.07, 6.45) is 0. The number of methoxy groups -OCH3 is 2. The molecule has 0 bridgehead atoms. The largest absolute Gasteiger partial charge is 0.465 e. The van der Waals surface area contributed by atoms with Crippen molar-refractivity contribution < 1.29 is 23.9 Å². The number of fused-ring (bicyclic) bond motifs is 1. The summed E-state index contributed by atoms with van der Waals surface area (Å²) in [5, 5.41) is 4.48. The Morgan fingerprint density at radius 2 is 1.77 bits per heavy atom. The van der Waals surface area contributed by atoms with Gasteiger partial charge in [-0.15, -0.1) is 11.3 Å². The van der Waals surface area contributed by atoms with Crippen molar-refractivity contribution in [2.24, 2.45) is 0 Å². The maximum Gasteiger partial charge on any atom is 0.348 e. The molecule has 2 heterocycles. The summed E-state index contributed by atoms with van der Waals surface area (Å²) >= 11 is 7.11. The lowest BCUT2D eigenvalue weighted by Gasteiger charge is -2.10. The molecule has 2 aromatic heterocycles. The zero-order chi connectivity index (χ0) is 22.2. The number of thiophene rings is 1. The molecule has 158 valence electrons. The molecule has 3 aromatic rings. The Morgan fingerprint density at radius 3 is 2.37 bits per heavy atom. The number of halogens is 1. The summed E-state index contributed by atoms with van der Waals surface area (Å²) in [7, 11) is 2.50. The predicted octanol–water partition coefficient (Wildman–Crippen LogP) is 4.82. The van der Waals surface area contributed by atoms with Gasteiger partial charge in [0.1, 0.15) is 15.6 Å². The normalized spacial score (nSPS) is 10.9. The van der Waals surface area contributed by atoms with E-state index in [0.29, 0.717) is 22.8 Å². The second-order valence-corrected chi connectivity index (χ2v) is 8.03. The van der Waals surface area contributed by atoms with Crippen LogP contribution in [-0.2, 0) is 16.0 Å². The van der Waals surface area contributed by atoms with Crippen LogP contribution in [0.1, 0.15) is 48.6 Å². The third kappa shape index (κ3) is 3.57. The quantitative estimate of drug-likeness (QED) is 0.565. The molecular formula is C21H21ClN2O5S. The van der Waals surface area contributed by atoms with E-state index in [1.54, 1.807) is 13.0 Å². The van der Waals surface area contributed by atoms with Crippen LogP contribution in [-0.4, -0.2) is 36.6 Å². The van der Waals surface area contributed by atoms with E-state index in [4.69, 9.17) is 21.1 Å². The Morgan fingerprint density at radius 1 is 1.10 bits per heavy atom. The maximum atomic E-state index is 13.3. The number of anilines is 1. The summed E-state index contributed by atoms with van der Waals surface area (Å²) < 4.78 is 11.5. The first-order chi connectivity index (χ1) is 14.2. The highest BCUT2D eigenvalue weighted by Gasteiger charge is 2.28. The van der Waals surface area contributed by atoms with Gasteiger partial charge in [-0.05, 0) is 50.1 Å². The molecule has 0 spiro atoms. The smallest absolute Gasteiger partial charge is 0.348 e. The zero-order valence-electron chi connectivity index (χ0n) is 17.2. The third-order valence-electron chi connectivity index (χ3n) is 4.94. The number of aryl methyl sites for hydroxylation is 2. The van der Waals surface area contributed by atoms with Gasteiger partial charge in [0.15, 0.2) is 0 Å². The summed E-state index contributed by atoms with van der Waals surface area (Å²) in [4.78, 5) is 37.9. The number of nitrogens with one attached hydrogen (secondary N) is 1. The molecule has 7 nitrogen and oxygen atoms in total. The number of amides is 1. The Balaban J connectivity index is 2.12. The molecule has 3 rings (SSSR count). The monoisotopic (exact) mass is 448 g/mol. The first-order valence-electron chi connectivity index (χ1n) is 9.14. The van der Waals surface area contributed by atoms with Crippen LogP contribution in [0.4, 0.5) is 5.00 Å². The Kier molecular flexibility index (Phi) is 6.19. The van der Waals surface area contributed by atoms with Gasteiger partial charge >= 0.3 is 11.9 Å². The van der Waals surface area contributed by atoms with Crippen molar-refractivity contribution in [3.8, 4) is 0 Å². The van der Waals surface area contributed by atoms with Gasteiger partial charge in [0.25, 0.3) is 5.91 Å². The van der Waals surface area contributed by atoms with Gasteiger partial charge in [-0.1, -0.05) is 11.6 Å². The Bertz CT molecular complexity index is 1180. The standard InChI is InChI=1S/C21H21ClN2O5S/c1-6-24-14-8-7-12(22)9-13(14)10(2)16(24)18(25)23-19-15(20(26)28-4)11(3)17(30-19)21(27)29-5/h7-9H,6H2,1-5H3,(H,23,25). The van der Waals surface area contributed by atoms with Gasteiger partial charge in [-0.25, -0.2) is 9.59 Å². The molecule has 0 saturated carbocycles. The Hall–Kier alpha value is -2.84. The zero-order valence-corrected chi connectivity index (χ0v) is 18.8. The number of hydrogen-bond donors (Lipinski definition) is 1. The minimum Gasteiger partial charge on any atom is -0.465 e. The van der Waals surface area contributed by atoms with Crippen LogP contribution in [0.15, 0.2) is 18.2 Å². The molecule has 0 unspecified atom stereocenters. The van der Waals surface area contributed by atoms with Gasteiger partial charge in [0.2, 0.25) is 0 Å². The second kappa shape index (κ2) is 8.49. The van der Waals surface area contributed by atoms with Crippen LogP contribution in [0.3, 0.4) is 0 Å². The van der Waals surface area contributed by atoms with Gasteiger partial charge in [-0.2, -0.15) is 0 Å². The fourth-order valence-corrected chi connectivity index (χ4v) is 4.80. The van der Waals surface area contributed by atoms with Crippen LogP contribution >= 0.6 is 22.9 Å². The number of hydrogen-bond acceptors (Lipinski definition) is 6. The molecule has 0 radical (unpaired) electrons. The summed E-state index contributed by atoms with van der Waals surface area (Å²) in [5.74, 6) is -1.63. The molecule has 9 heteroatoms. The van der Waals surface area contributed by atoms with Crippen molar-refractivity contribution in [1.29, 1.82) is 0 Å². The van der Waals surface area contributed by atoms with Crippen molar-refractivity contribution in [3.05, 3.63) is 50.5 Å². The van der Waals surface area contributed by atoms with E-state index >= 15 is 0 Å². The van der Waals surface area contributed by atoms with Crippen molar-refractivity contribution in [1.82, 2.24) is 4.57 Å². The SMILES string of the molecule is CCn1c(C(=O)Nc2sc(C(=O)OC)c(C)c2C(=O)OC)c(C)c2cc(Cl)ccc21. The molecule has 1 amide bonds. The van der Waals surface area contributed by atoms with Crippen molar-refractivity contribution in [2.75, 3.05) is 19.5 Å². The number of benzene rings is 1. The fraction of sp³-hybridized carbons (Fsp3) is 0.286. The highest BCUT2D eigenvalue weighted by atomic mass is 35.5. The number of aromatic nitrogens is 1. The number of esters is 2. The average molecular weight is 449 g/mol. The van der Waals surface area contributed by atoms with E-state index in [-0.39, 0.29) is 15.4 Å². The number of carbonyl (C=O) groups excluding carboxylic acids is 3. The highest BCUT2D eigenvalue weighted by Crippen LogP contribution is 2.35. The summed E-state index contributed by atoms with van der Waals surface area (Å²) in [6, 6.07) is 5.47. The summed E-state index contributed by atoms with van der Waals surface area (Å²) in [5.41, 5.74) is 2.64. The first kappa shape index (κ1) is 21.9. The van der Waals surface area contributed by atoms with E-state index in [9.17, 15) is 14.4 Å². The number of carbonyl (C=O) groups is 3. The van der Waals surface area contributed by atoms with Crippen LogP contribution in [0.25, 0.3) is 10.9 Å². The minimum atomic E-state index is -0.645. The van der Waals surface area contributed by atoms with Crippen molar-refractivity contribution >= 4 is 56.7 Å². The van der Waals surface area contributed by atoms with E-state index < -0.39 is 17.8 Å².